The van der Waals surface area contributed by atoms with Crippen molar-refractivity contribution in [2.45, 2.75) is 13.0 Å². The fourth-order valence-corrected chi connectivity index (χ4v) is 2.93. The summed E-state index contributed by atoms with van der Waals surface area (Å²) in [4.78, 5) is 16.5. The fourth-order valence-electron chi connectivity index (χ4n) is 2.93. The lowest BCUT2D eigenvalue weighted by molar-refractivity contribution is 0.0480. The average molecular weight is 264 g/mol. The van der Waals surface area contributed by atoms with Crippen LogP contribution in [0.4, 0.5) is 0 Å². The molecule has 2 aliphatic heterocycles. The molecule has 1 amide bonds. The highest BCUT2D eigenvalue weighted by molar-refractivity contribution is 5.91. The van der Waals surface area contributed by atoms with Crippen molar-refractivity contribution in [3.63, 3.8) is 0 Å². The van der Waals surface area contributed by atoms with Gasteiger partial charge in [0, 0.05) is 32.1 Å². The predicted octanol–water partition coefficient (Wildman–Crippen LogP) is 0.991. The first-order valence-corrected chi connectivity index (χ1v) is 6.79. The molecule has 0 N–H and O–H groups in total. The van der Waals surface area contributed by atoms with Crippen LogP contribution in [0.2, 0.25) is 0 Å². The maximum Gasteiger partial charge on any atom is 0.289 e. The van der Waals surface area contributed by atoms with Gasteiger partial charge in [-0.2, -0.15) is 0 Å². The van der Waals surface area contributed by atoms with Crippen molar-refractivity contribution in [3.05, 3.63) is 23.7 Å². The highest BCUT2D eigenvalue weighted by Crippen LogP contribution is 2.25. The maximum absolute atomic E-state index is 12.3. The lowest BCUT2D eigenvalue weighted by atomic mass is 10.1. The second-order valence-corrected chi connectivity index (χ2v) is 5.55. The minimum Gasteiger partial charge on any atom is -0.456 e. The van der Waals surface area contributed by atoms with Gasteiger partial charge >= 0.3 is 0 Å². The Labute approximate surface area is 113 Å². The third kappa shape index (κ3) is 2.53. The van der Waals surface area contributed by atoms with Crippen LogP contribution in [0.3, 0.4) is 0 Å². The van der Waals surface area contributed by atoms with Gasteiger partial charge in [-0.3, -0.25) is 4.79 Å². The zero-order valence-electron chi connectivity index (χ0n) is 11.5. The molecule has 0 unspecified atom stereocenters. The molecule has 0 aliphatic carbocycles. The van der Waals surface area contributed by atoms with Gasteiger partial charge in [-0.15, -0.1) is 0 Å². The maximum atomic E-state index is 12.3. The molecule has 2 aliphatic rings. The van der Waals surface area contributed by atoms with Gasteiger partial charge in [0.2, 0.25) is 0 Å². The largest absolute Gasteiger partial charge is 0.456 e. The van der Waals surface area contributed by atoms with E-state index in [9.17, 15) is 4.79 Å². The number of aryl methyl sites for hydroxylation is 1. The van der Waals surface area contributed by atoms with Crippen LogP contribution in [-0.4, -0.2) is 61.6 Å². The second kappa shape index (κ2) is 4.98. The Bertz CT molecular complexity index is 471. The van der Waals surface area contributed by atoms with Crippen LogP contribution in [0.1, 0.15) is 16.3 Å². The molecule has 5 nitrogen and oxygen atoms in total. The summed E-state index contributed by atoms with van der Waals surface area (Å²) in [5, 5.41) is 0. The Balaban J connectivity index is 1.70. The lowest BCUT2D eigenvalue weighted by Gasteiger charge is -2.18. The van der Waals surface area contributed by atoms with Gasteiger partial charge in [0.1, 0.15) is 5.76 Å². The van der Waals surface area contributed by atoms with Crippen molar-refractivity contribution in [1.29, 1.82) is 0 Å². The standard InChI is InChI=1S/C14H20N2O3/c1-10-3-4-12(19-10)14(17)16-8-11-7-15(2)5-6-18-13(11)9-16/h3-4,11,13H,5-9H2,1-2H3/t11-,13+/m0/s1. The summed E-state index contributed by atoms with van der Waals surface area (Å²) in [7, 11) is 2.10. The number of fused-ring (bicyclic) bond motifs is 1. The summed E-state index contributed by atoms with van der Waals surface area (Å²) in [6, 6.07) is 3.57. The summed E-state index contributed by atoms with van der Waals surface area (Å²) in [5.41, 5.74) is 0. The topological polar surface area (TPSA) is 45.9 Å². The summed E-state index contributed by atoms with van der Waals surface area (Å²) < 4.78 is 11.3. The summed E-state index contributed by atoms with van der Waals surface area (Å²) in [5.74, 6) is 1.59. The van der Waals surface area contributed by atoms with Crippen molar-refractivity contribution < 1.29 is 13.9 Å². The molecular weight excluding hydrogens is 244 g/mol. The van der Waals surface area contributed by atoms with E-state index >= 15 is 0 Å². The third-order valence-corrected chi connectivity index (χ3v) is 3.97. The van der Waals surface area contributed by atoms with Gasteiger partial charge in [-0.1, -0.05) is 0 Å². The second-order valence-electron chi connectivity index (χ2n) is 5.55. The van der Waals surface area contributed by atoms with Crippen LogP contribution < -0.4 is 0 Å². The number of amides is 1. The van der Waals surface area contributed by atoms with E-state index < -0.39 is 0 Å². The van der Waals surface area contributed by atoms with E-state index in [1.54, 1.807) is 6.07 Å². The smallest absolute Gasteiger partial charge is 0.289 e. The number of hydrogen-bond acceptors (Lipinski definition) is 4. The first-order valence-electron chi connectivity index (χ1n) is 6.79. The summed E-state index contributed by atoms with van der Waals surface area (Å²) in [6.45, 7) is 6.00. The molecule has 0 bridgehead atoms. The Hall–Kier alpha value is -1.33. The van der Waals surface area contributed by atoms with Crippen molar-refractivity contribution in [2.24, 2.45) is 5.92 Å². The number of likely N-dealkylation sites (N-methyl/N-ethyl adjacent to an activating group) is 1. The van der Waals surface area contributed by atoms with Crippen LogP contribution in [0.5, 0.6) is 0 Å². The molecule has 19 heavy (non-hydrogen) atoms. The molecule has 1 aromatic rings. The Morgan fingerprint density at radius 3 is 2.89 bits per heavy atom. The number of ether oxygens (including phenoxy) is 1. The normalized spacial score (nSPS) is 28.2. The van der Waals surface area contributed by atoms with E-state index in [2.05, 4.69) is 11.9 Å². The van der Waals surface area contributed by atoms with Gasteiger partial charge in [-0.25, -0.2) is 0 Å². The van der Waals surface area contributed by atoms with E-state index in [1.807, 2.05) is 17.9 Å². The molecule has 0 radical (unpaired) electrons. The Morgan fingerprint density at radius 1 is 1.32 bits per heavy atom. The van der Waals surface area contributed by atoms with Crippen LogP contribution in [0.25, 0.3) is 0 Å². The van der Waals surface area contributed by atoms with Crippen molar-refractivity contribution in [1.82, 2.24) is 9.80 Å². The summed E-state index contributed by atoms with van der Waals surface area (Å²) in [6.07, 6.45) is 0.171. The molecule has 0 saturated carbocycles. The quantitative estimate of drug-likeness (QED) is 0.759. The minimum absolute atomic E-state index is 0.0209. The predicted molar refractivity (Wildman–Crippen MR) is 70.1 cm³/mol. The molecule has 3 heterocycles. The highest BCUT2D eigenvalue weighted by Gasteiger charge is 2.38. The van der Waals surface area contributed by atoms with Gasteiger partial charge in [0.25, 0.3) is 5.91 Å². The van der Waals surface area contributed by atoms with Crippen molar-refractivity contribution in [3.8, 4) is 0 Å². The molecule has 2 saturated heterocycles. The Kier molecular flexibility index (Phi) is 3.33. The fraction of sp³-hybridized carbons (Fsp3) is 0.643. The van der Waals surface area contributed by atoms with E-state index in [0.29, 0.717) is 18.2 Å². The molecule has 1 aromatic heterocycles. The van der Waals surface area contributed by atoms with Gasteiger partial charge in [-0.05, 0) is 26.1 Å². The van der Waals surface area contributed by atoms with E-state index in [1.165, 1.54) is 0 Å². The Morgan fingerprint density at radius 2 is 2.16 bits per heavy atom. The average Bonchev–Trinajstić information content (AvgIpc) is 2.92. The molecule has 0 aromatic carbocycles. The number of nitrogens with zero attached hydrogens (tertiary/aromatic N) is 2. The molecule has 0 spiro atoms. The minimum atomic E-state index is -0.0209. The molecular formula is C14H20N2O3. The highest BCUT2D eigenvalue weighted by atomic mass is 16.5. The number of likely N-dealkylation sites (tertiary alicyclic amines) is 1. The van der Waals surface area contributed by atoms with Crippen LogP contribution in [-0.2, 0) is 4.74 Å². The SMILES string of the molecule is Cc1ccc(C(=O)N2C[C@@H]3CN(C)CCO[C@@H]3C2)o1. The van der Waals surface area contributed by atoms with Crippen LogP contribution >= 0.6 is 0 Å². The number of carbonyl (C=O) groups excluding carboxylic acids is 1. The molecule has 2 atom stereocenters. The summed E-state index contributed by atoms with van der Waals surface area (Å²) >= 11 is 0. The van der Waals surface area contributed by atoms with E-state index in [4.69, 9.17) is 9.15 Å². The molecule has 5 heteroatoms. The monoisotopic (exact) mass is 264 g/mol. The third-order valence-electron chi connectivity index (χ3n) is 3.97. The molecule has 104 valence electrons. The zero-order chi connectivity index (χ0) is 13.4. The molecule has 2 fully saturated rings. The first-order chi connectivity index (χ1) is 9.13. The first kappa shape index (κ1) is 12.7. The van der Waals surface area contributed by atoms with Crippen molar-refractivity contribution in [2.75, 3.05) is 39.8 Å². The molecule has 3 rings (SSSR count). The zero-order valence-corrected chi connectivity index (χ0v) is 11.5. The van der Waals surface area contributed by atoms with Gasteiger partial charge < -0.3 is 19.0 Å². The number of carbonyl (C=O) groups is 1. The van der Waals surface area contributed by atoms with Crippen LogP contribution in [0.15, 0.2) is 16.5 Å². The lowest BCUT2D eigenvalue weighted by Crippen LogP contribution is -2.32. The van der Waals surface area contributed by atoms with Crippen LogP contribution in [0, 0.1) is 12.8 Å². The van der Waals surface area contributed by atoms with Gasteiger partial charge in [0.15, 0.2) is 5.76 Å². The van der Waals surface area contributed by atoms with Crippen molar-refractivity contribution >= 4 is 5.91 Å². The van der Waals surface area contributed by atoms with E-state index in [-0.39, 0.29) is 12.0 Å². The van der Waals surface area contributed by atoms with E-state index in [0.717, 1.165) is 32.0 Å². The number of rotatable bonds is 1. The van der Waals surface area contributed by atoms with Gasteiger partial charge in [0.05, 0.1) is 12.7 Å². The number of hydrogen-bond donors (Lipinski definition) is 0. The number of furan rings is 1.